The van der Waals surface area contributed by atoms with Crippen LogP contribution in [0.4, 0.5) is 17.6 Å². The fraction of sp³-hybridized carbons (Fsp3) is 0.429. The molecule has 0 atom stereocenters. The standard InChI is InChI=1S/C7H5BrF4N2O/c8-4-1-5(14-3-13-4)15-2-7(11,12)6(9)10/h1,3,6H,2H2. The Kier molecular flexibility index (Phi) is 3.83. The number of nitrogens with zero attached hydrogens (tertiary/aromatic N) is 2. The number of alkyl halides is 4. The van der Waals surface area contributed by atoms with Crippen LogP contribution in [-0.4, -0.2) is 28.9 Å². The summed E-state index contributed by atoms with van der Waals surface area (Å²) in [5, 5.41) is 0. The van der Waals surface area contributed by atoms with E-state index in [0.29, 0.717) is 4.60 Å². The van der Waals surface area contributed by atoms with Crippen LogP contribution >= 0.6 is 15.9 Å². The fourth-order valence-corrected chi connectivity index (χ4v) is 0.917. The van der Waals surface area contributed by atoms with Crippen LogP contribution in [0.15, 0.2) is 17.0 Å². The van der Waals surface area contributed by atoms with E-state index in [1.54, 1.807) is 0 Å². The summed E-state index contributed by atoms with van der Waals surface area (Å²) in [6, 6.07) is 1.20. The normalized spacial score (nSPS) is 11.9. The summed E-state index contributed by atoms with van der Waals surface area (Å²) >= 11 is 2.94. The smallest absolute Gasteiger partial charge is 0.340 e. The lowest BCUT2D eigenvalue weighted by Crippen LogP contribution is -2.33. The van der Waals surface area contributed by atoms with Gasteiger partial charge in [0.15, 0.2) is 6.61 Å². The summed E-state index contributed by atoms with van der Waals surface area (Å²) in [6.07, 6.45) is -2.71. The molecule has 0 aliphatic rings. The molecule has 0 spiro atoms. The number of aromatic nitrogens is 2. The van der Waals surface area contributed by atoms with Gasteiger partial charge in [0.1, 0.15) is 10.9 Å². The minimum atomic E-state index is -4.18. The van der Waals surface area contributed by atoms with Gasteiger partial charge in [-0.25, -0.2) is 18.7 Å². The third-order valence-corrected chi connectivity index (χ3v) is 1.77. The summed E-state index contributed by atoms with van der Waals surface area (Å²) in [4.78, 5) is 7.07. The van der Waals surface area contributed by atoms with E-state index < -0.39 is 19.0 Å². The SMILES string of the molecule is FC(F)C(F)(F)COc1cc(Br)ncn1. The van der Waals surface area contributed by atoms with E-state index in [1.807, 2.05) is 0 Å². The van der Waals surface area contributed by atoms with Crippen LogP contribution in [0.1, 0.15) is 0 Å². The molecule has 1 aromatic heterocycles. The van der Waals surface area contributed by atoms with E-state index in [4.69, 9.17) is 0 Å². The Hall–Kier alpha value is -0.920. The van der Waals surface area contributed by atoms with Crippen molar-refractivity contribution < 1.29 is 22.3 Å². The van der Waals surface area contributed by atoms with Crippen molar-refractivity contribution in [3.63, 3.8) is 0 Å². The van der Waals surface area contributed by atoms with Crippen LogP contribution in [0.3, 0.4) is 0 Å². The molecule has 0 fully saturated rings. The summed E-state index contributed by atoms with van der Waals surface area (Å²) in [6.45, 7) is -1.42. The first-order valence-corrected chi connectivity index (χ1v) is 4.47. The van der Waals surface area contributed by atoms with Crippen molar-refractivity contribution in [2.45, 2.75) is 12.3 Å². The second-order valence-electron chi connectivity index (χ2n) is 2.53. The molecule has 0 bridgehead atoms. The Balaban J connectivity index is 2.57. The zero-order chi connectivity index (χ0) is 11.5. The minimum absolute atomic E-state index is 0.197. The van der Waals surface area contributed by atoms with Gasteiger partial charge in [0.05, 0.1) is 0 Å². The first-order chi connectivity index (χ1) is 6.92. The molecule has 8 heteroatoms. The van der Waals surface area contributed by atoms with E-state index in [-0.39, 0.29) is 5.88 Å². The van der Waals surface area contributed by atoms with Crippen LogP contribution in [0.2, 0.25) is 0 Å². The molecule has 0 aromatic carbocycles. The van der Waals surface area contributed by atoms with Crippen LogP contribution < -0.4 is 4.74 Å². The zero-order valence-corrected chi connectivity index (χ0v) is 8.72. The van der Waals surface area contributed by atoms with Crippen molar-refractivity contribution in [2.75, 3.05) is 6.61 Å². The Morgan fingerprint density at radius 3 is 2.60 bits per heavy atom. The van der Waals surface area contributed by atoms with E-state index in [1.165, 1.54) is 6.07 Å². The van der Waals surface area contributed by atoms with E-state index >= 15 is 0 Å². The summed E-state index contributed by atoms with van der Waals surface area (Å²) in [7, 11) is 0. The second kappa shape index (κ2) is 4.73. The monoisotopic (exact) mass is 288 g/mol. The lowest BCUT2D eigenvalue weighted by Gasteiger charge is -2.15. The van der Waals surface area contributed by atoms with Crippen molar-refractivity contribution in [1.82, 2.24) is 9.97 Å². The summed E-state index contributed by atoms with van der Waals surface area (Å²) in [5.41, 5.74) is 0. The number of hydrogen-bond donors (Lipinski definition) is 0. The zero-order valence-electron chi connectivity index (χ0n) is 7.13. The van der Waals surface area contributed by atoms with Gasteiger partial charge in [0.25, 0.3) is 0 Å². The Morgan fingerprint density at radius 1 is 1.40 bits per heavy atom. The van der Waals surface area contributed by atoms with Crippen LogP contribution in [0, 0.1) is 0 Å². The van der Waals surface area contributed by atoms with Crippen LogP contribution in [0.25, 0.3) is 0 Å². The maximum Gasteiger partial charge on any atom is 0.340 e. The van der Waals surface area contributed by atoms with Gasteiger partial charge in [0.2, 0.25) is 5.88 Å². The molecule has 1 heterocycles. The quantitative estimate of drug-likeness (QED) is 0.631. The van der Waals surface area contributed by atoms with Crippen LogP contribution in [0.5, 0.6) is 5.88 Å². The first-order valence-electron chi connectivity index (χ1n) is 3.68. The van der Waals surface area contributed by atoms with E-state index in [2.05, 4.69) is 30.6 Å². The molecule has 0 aliphatic carbocycles. The minimum Gasteiger partial charge on any atom is -0.471 e. The molecule has 0 amide bonds. The van der Waals surface area contributed by atoms with Crippen molar-refractivity contribution in [2.24, 2.45) is 0 Å². The van der Waals surface area contributed by atoms with Gasteiger partial charge in [-0.3, -0.25) is 0 Å². The van der Waals surface area contributed by atoms with Crippen molar-refractivity contribution in [3.05, 3.63) is 17.0 Å². The number of halogens is 5. The third-order valence-electron chi connectivity index (χ3n) is 1.34. The van der Waals surface area contributed by atoms with Crippen molar-refractivity contribution >= 4 is 15.9 Å². The largest absolute Gasteiger partial charge is 0.471 e. The molecule has 84 valence electrons. The molecule has 0 radical (unpaired) electrons. The molecule has 1 aromatic rings. The van der Waals surface area contributed by atoms with Gasteiger partial charge < -0.3 is 4.74 Å². The van der Waals surface area contributed by atoms with E-state index in [9.17, 15) is 17.6 Å². The van der Waals surface area contributed by atoms with Gasteiger partial charge >= 0.3 is 12.3 Å². The Labute approximate surface area is 90.6 Å². The highest BCUT2D eigenvalue weighted by molar-refractivity contribution is 9.10. The molecule has 15 heavy (non-hydrogen) atoms. The maximum absolute atomic E-state index is 12.4. The topological polar surface area (TPSA) is 35.0 Å². The van der Waals surface area contributed by atoms with Gasteiger partial charge in [-0.2, -0.15) is 8.78 Å². The lowest BCUT2D eigenvalue weighted by molar-refractivity contribution is -0.148. The van der Waals surface area contributed by atoms with Crippen molar-refractivity contribution in [1.29, 1.82) is 0 Å². The number of rotatable bonds is 4. The van der Waals surface area contributed by atoms with Gasteiger partial charge in [0, 0.05) is 6.07 Å². The number of ether oxygens (including phenoxy) is 1. The molecule has 0 unspecified atom stereocenters. The Morgan fingerprint density at radius 2 is 2.07 bits per heavy atom. The molecular weight excluding hydrogens is 284 g/mol. The fourth-order valence-electron chi connectivity index (χ4n) is 0.629. The van der Waals surface area contributed by atoms with Crippen molar-refractivity contribution in [3.8, 4) is 5.88 Å². The average Bonchev–Trinajstić information content (AvgIpc) is 2.15. The van der Waals surface area contributed by atoms with Gasteiger partial charge in [-0.05, 0) is 15.9 Å². The predicted molar refractivity (Wildman–Crippen MR) is 46.2 cm³/mol. The summed E-state index contributed by atoms with van der Waals surface area (Å²) < 4.78 is 53.0. The molecular formula is C7H5BrF4N2O. The molecule has 0 saturated carbocycles. The molecule has 0 N–H and O–H groups in total. The highest BCUT2D eigenvalue weighted by atomic mass is 79.9. The molecule has 0 aliphatic heterocycles. The van der Waals surface area contributed by atoms with Crippen LogP contribution in [-0.2, 0) is 0 Å². The van der Waals surface area contributed by atoms with E-state index in [0.717, 1.165) is 6.33 Å². The Bertz CT molecular complexity index is 337. The lowest BCUT2D eigenvalue weighted by atomic mass is 10.4. The highest BCUT2D eigenvalue weighted by Gasteiger charge is 2.41. The average molecular weight is 289 g/mol. The third kappa shape index (κ3) is 3.61. The maximum atomic E-state index is 12.4. The van der Waals surface area contributed by atoms with Gasteiger partial charge in [-0.1, -0.05) is 0 Å². The van der Waals surface area contributed by atoms with Gasteiger partial charge in [-0.15, -0.1) is 0 Å². The highest BCUT2D eigenvalue weighted by Crippen LogP contribution is 2.23. The molecule has 1 rings (SSSR count). The molecule has 0 saturated heterocycles. The molecule has 3 nitrogen and oxygen atoms in total. The number of hydrogen-bond acceptors (Lipinski definition) is 3. The predicted octanol–water partition coefficient (Wildman–Crippen LogP) is 2.52. The second-order valence-corrected chi connectivity index (χ2v) is 3.34. The first kappa shape index (κ1) is 12.2. The summed E-state index contributed by atoms with van der Waals surface area (Å²) in [5.74, 6) is -4.38.